The van der Waals surface area contributed by atoms with Crippen LogP contribution in [0.15, 0.2) is 72.8 Å². The van der Waals surface area contributed by atoms with E-state index in [2.05, 4.69) is 61.0 Å². The normalized spacial score (nSPS) is 12.5. The second-order valence-corrected chi connectivity index (χ2v) is 9.81. The summed E-state index contributed by atoms with van der Waals surface area (Å²) in [6.45, 7) is 9.35. The topological polar surface area (TPSA) is 56.1 Å². The molecule has 1 amide bonds. The van der Waals surface area contributed by atoms with Crippen molar-refractivity contribution in [2.75, 3.05) is 7.11 Å². The van der Waals surface area contributed by atoms with Crippen LogP contribution in [0, 0.1) is 0 Å². The van der Waals surface area contributed by atoms with Gasteiger partial charge in [0.05, 0.1) is 30.6 Å². The summed E-state index contributed by atoms with van der Waals surface area (Å²) in [5, 5.41) is 3.14. The molecular weight excluding hydrogens is 422 g/mol. The quantitative estimate of drug-likeness (QED) is 0.383. The Kier molecular flexibility index (Phi) is 6.73. The highest BCUT2D eigenvalue weighted by molar-refractivity contribution is 5.80. The van der Waals surface area contributed by atoms with Crippen LogP contribution in [-0.2, 0) is 23.2 Å². The molecule has 4 aromatic rings. The van der Waals surface area contributed by atoms with Gasteiger partial charge >= 0.3 is 0 Å². The molecule has 0 fully saturated rings. The highest BCUT2D eigenvalue weighted by Gasteiger charge is 2.19. The van der Waals surface area contributed by atoms with Gasteiger partial charge in [-0.1, -0.05) is 69.3 Å². The van der Waals surface area contributed by atoms with Gasteiger partial charge in [-0.15, -0.1) is 0 Å². The lowest BCUT2D eigenvalue weighted by Crippen LogP contribution is -2.30. The summed E-state index contributed by atoms with van der Waals surface area (Å²) in [6, 6.07) is 24.2. The van der Waals surface area contributed by atoms with Crippen molar-refractivity contribution in [3.8, 4) is 5.75 Å². The summed E-state index contributed by atoms with van der Waals surface area (Å²) in [4.78, 5) is 17.7. The Hall–Kier alpha value is -3.60. The Morgan fingerprint density at radius 1 is 0.971 bits per heavy atom. The molecule has 1 unspecified atom stereocenters. The van der Waals surface area contributed by atoms with Crippen LogP contribution in [0.1, 0.15) is 56.3 Å². The number of hydrogen-bond donors (Lipinski definition) is 1. The summed E-state index contributed by atoms with van der Waals surface area (Å²) in [5.41, 5.74) is 5.57. The minimum atomic E-state index is -0.230. The molecule has 0 bridgehead atoms. The second kappa shape index (κ2) is 9.72. The number of fused-ring (bicyclic) bond motifs is 1. The van der Waals surface area contributed by atoms with Crippen molar-refractivity contribution < 1.29 is 9.53 Å². The first-order chi connectivity index (χ1) is 16.2. The van der Waals surface area contributed by atoms with Crippen molar-refractivity contribution in [3.05, 3.63) is 95.3 Å². The molecular formula is C29H33N3O2. The Balaban J connectivity index is 1.55. The highest BCUT2D eigenvalue weighted by atomic mass is 16.5. The number of aromatic nitrogens is 2. The maximum absolute atomic E-state index is 12.8. The van der Waals surface area contributed by atoms with Crippen molar-refractivity contribution in [1.29, 1.82) is 0 Å². The zero-order chi connectivity index (χ0) is 24.3. The zero-order valence-electron chi connectivity index (χ0n) is 20.6. The summed E-state index contributed by atoms with van der Waals surface area (Å²) < 4.78 is 7.41. The lowest BCUT2D eigenvalue weighted by Gasteiger charge is -2.20. The molecule has 4 rings (SSSR count). The summed E-state index contributed by atoms with van der Waals surface area (Å²) in [5.74, 6) is 1.59. The van der Waals surface area contributed by atoms with Gasteiger partial charge in [-0.25, -0.2) is 4.98 Å². The molecule has 1 atom stereocenters. The van der Waals surface area contributed by atoms with Crippen LogP contribution in [0.25, 0.3) is 11.0 Å². The number of carbonyl (C=O) groups excluding carboxylic acids is 1. The zero-order valence-corrected chi connectivity index (χ0v) is 20.6. The van der Waals surface area contributed by atoms with Crippen LogP contribution in [0.5, 0.6) is 5.75 Å². The molecule has 0 saturated heterocycles. The van der Waals surface area contributed by atoms with Crippen LogP contribution >= 0.6 is 0 Å². The minimum absolute atomic E-state index is 0.0363. The van der Waals surface area contributed by atoms with E-state index in [1.54, 1.807) is 7.11 Å². The van der Waals surface area contributed by atoms with Crippen LogP contribution < -0.4 is 10.1 Å². The van der Waals surface area contributed by atoms with Gasteiger partial charge in [0.1, 0.15) is 11.6 Å². The lowest BCUT2D eigenvalue weighted by molar-refractivity contribution is -0.121. The monoisotopic (exact) mass is 455 g/mol. The lowest BCUT2D eigenvalue weighted by atomic mass is 9.87. The van der Waals surface area contributed by atoms with Crippen LogP contribution in [0.4, 0.5) is 0 Å². The Morgan fingerprint density at radius 3 is 2.26 bits per heavy atom. The van der Waals surface area contributed by atoms with E-state index in [-0.39, 0.29) is 17.4 Å². The van der Waals surface area contributed by atoms with Crippen molar-refractivity contribution >= 4 is 16.9 Å². The number of para-hydroxylation sites is 2. The third kappa shape index (κ3) is 5.30. The summed E-state index contributed by atoms with van der Waals surface area (Å²) in [7, 11) is 1.63. The standard InChI is InChI=1S/C29H33N3O2/c1-20(30-27(33)18-21-12-16-24(34-5)17-13-21)28-31-25-8-6-7-9-26(25)32(28)19-22-10-14-23(15-11-22)29(2,3)4/h6-17,20H,18-19H2,1-5H3,(H,30,33). The smallest absolute Gasteiger partial charge is 0.224 e. The molecule has 5 heteroatoms. The summed E-state index contributed by atoms with van der Waals surface area (Å²) in [6.07, 6.45) is 0.308. The van der Waals surface area contributed by atoms with Gasteiger partial charge in [0.25, 0.3) is 0 Å². The van der Waals surface area contributed by atoms with Crippen molar-refractivity contribution in [3.63, 3.8) is 0 Å². The number of rotatable bonds is 7. The Labute approximate surface area is 201 Å². The largest absolute Gasteiger partial charge is 0.497 e. The van der Waals surface area contributed by atoms with Gasteiger partial charge in [0.2, 0.25) is 5.91 Å². The number of methoxy groups -OCH3 is 1. The molecule has 5 nitrogen and oxygen atoms in total. The van der Waals surface area contributed by atoms with Gasteiger partial charge in [-0.3, -0.25) is 4.79 Å². The van der Waals surface area contributed by atoms with Gasteiger partial charge in [-0.05, 0) is 53.3 Å². The van der Waals surface area contributed by atoms with E-state index in [9.17, 15) is 4.79 Å². The predicted octanol–water partition coefficient (Wildman–Crippen LogP) is 5.81. The van der Waals surface area contributed by atoms with Crippen molar-refractivity contribution in [1.82, 2.24) is 14.9 Å². The second-order valence-electron chi connectivity index (χ2n) is 9.81. The molecule has 0 aliphatic carbocycles. The third-order valence-corrected chi connectivity index (χ3v) is 6.13. The van der Waals surface area contributed by atoms with Crippen molar-refractivity contribution in [2.24, 2.45) is 0 Å². The van der Waals surface area contributed by atoms with E-state index in [4.69, 9.17) is 9.72 Å². The maximum Gasteiger partial charge on any atom is 0.224 e. The van der Waals surface area contributed by atoms with Crippen LogP contribution in [0.3, 0.4) is 0 Å². The number of ether oxygens (including phenoxy) is 1. The van der Waals surface area contributed by atoms with Crippen LogP contribution in [-0.4, -0.2) is 22.6 Å². The number of imidazole rings is 1. The number of amides is 1. The van der Waals surface area contributed by atoms with Crippen LogP contribution in [0.2, 0.25) is 0 Å². The van der Waals surface area contributed by atoms with E-state index >= 15 is 0 Å². The SMILES string of the molecule is COc1ccc(CC(=O)NC(C)c2nc3ccccc3n2Cc2ccc(C(C)(C)C)cc2)cc1. The van der Waals surface area contributed by atoms with Crippen molar-refractivity contribution in [2.45, 2.75) is 52.1 Å². The van der Waals surface area contributed by atoms with Gasteiger partial charge in [0, 0.05) is 6.54 Å². The molecule has 3 aromatic carbocycles. The highest BCUT2D eigenvalue weighted by Crippen LogP contribution is 2.25. The fraction of sp³-hybridized carbons (Fsp3) is 0.310. The number of carbonyl (C=O) groups is 1. The molecule has 1 heterocycles. The summed E-state index contributed by atoms with van der Waals surface area (Å²) >= 11 is 0. The molecule has 0 aliphatic rings. The molecule has 176 valence electrons. The average molecular weight is 456 g/mol. The minimum Gasteiger partial charge on any atom is -0.497 e. The Morgan fingerprint density at radius 2 is 1.62 bits per heavy atom. The number of hydrogen-bond acceptors (Lipinski definition) is 3. The van der Waals surface area contributed by atoms with E-state index in [1.807, 2.05) is 49.4 Å². The first-order valence-electron chi connectivity index (χ1n) is 11.7. The molecule has 34 heavy (non-hydrogen) atoms. The van der Waals surface area contributed by atoms with E-state index < -0.39 is 0 Å². The van der Waals surface area contributed by atoms with Gasteiger partial charge in [0.15, 0.2) is 0 Å². The fourth-order valence-electron chi connectivity index (χ4n) is 4.17. The van der Waals surface area contributed by atoms with Gasteiger partial charge < -0.3 is 14.6 Å². The average Bonchev–Trinajstić information content (AvgIpc) is 3.18. The molecule has 1 aromatic heterocycles. The number of benzene rings is 3. The van der Waals surface area contributed by atoms with E-state index in [0.717, 1.165) is 28.2 Å². The van der Waals surface area contributed by atoms with E-state index in [0.29, 0.717) is 13.0 Å². The number of nitrogens with one attached hydrogen (secondary N) is 1. The number of nitrogens with zero attached hydrogens (tertiary/aromatic N) is 2. The first-order valence-corrected chi connectivity index (χ1v) is 11.7. The maximum atomic E-state index is 12.8. The molecule has 0 radical (unpaired) electrons. The predicted molar refractivity (Wildman–Crippen MR) is 137 cm³/mol. The molecule has 0 spiro atoms. The van der Waals surface area contributed by atoms with Gasteiger partial charge in [-0.2, -0.15) is 0 Å². The fourth-order valence-corrected chi connectivity index (χ4v) is 4.17. The molecule has 0 saturated carbocycles. The van der Waals surface area contributed by atoms with E-state index in [1.165, 1.54) is 11.1 Å². The third-order valence-electron chi connectivity index (χ3n) is 6.13. The molecule has 0 aliphatic heterocycles. The first kappa shape index (κ1) is 23.6. The molecule has 1 N–H and O–H groups in total. The Bertz CT molecular complexity index is 1270.